The molecule has 8 heteroatoms. The molecule has 174 valence electrons. The molecule has 1 unspecified atom stereocenters. The molecule has 1 fully saturated rings. The summed E-state index contributed by atoms with van der Waals surface area (Å²) in [4.78, 5) is 26.8. The van der Waals surface area contributed by atoms with E-state index < -0.39 is 16.1 Å². The van der Waals surface area contributed by atoms with Gasteiger partial charge in [0.1, 0.15) is 0 Å². The summed E-state index contributed by atoms with van der Waals surface area (Å²) in [6.45, 7) is 2.57. The standard InChI is InChI=1S/C25H29N3O4S/c1-19(29)28-17-14-20-8-4-5-9-23(20)24(28)18-25(30)26-21-10-12-22(13-11-21)33(31,32)27-15-6-2-3-7-16-27/h4-5,8-14,17,24H,2-3,6-7,15-16,18H2,1H3,(H,26,30). The van der Waals surface area contributed by atoms with Crippen LogP contribution in [0.25, 0.3) is 6.08 Å². The Morgan fingerprint density at radius 2 is 1.64 bits per heavy atom. The molecule has 2 aliphatic rings. The van der Waals surface area contributed by atoms with E-state index in [2.05, 4.69) is 5.32 Å². The molecule has 1 N–H and O–H groups in total. The molecule has 2 aliphatic heterocycles. The van der Waals surface area contributed by atoms with Crippen molar-refractivity contribution in [2.24, 2.45) is 0 Å². The van der Waals surface area contributed by atoms with Crippen molar-refractivity contribution in [2.75, 3.05) is 18.4 Å². The monoisotopic (exact) mass is 467 g/mol. The van der Waals surface area contributed by atoms with Crippen LogP contribution in [0.5, 0.6) is 0 Å². The molecule has 0 aliphatic carbocycles. The molecule has 2 aromatic carbocycles. The predicted molar refractivity (Wildman–Crippen MR) is 128 cm³/mol. The summed E-state index contributed by atoms with van der Waals surface area (Å²) in [6.07, 6.45) is 7.54. The normalized spacial score (nSPS) is 18.9. The molecule has 2 heterocycles. The van der Waals surface area contributed by atoms with Crippen LogP contribution in [0.4, 0.5) is 5.69 Å². The average molecular weight is 468 g/mol. The number of nitrogens with one attached hydrogen (secondary N) is 1. The Bertz CT molecular complexity index is 1150. The quantitative estimate of drug-likeness (QED) is 0.716. The molecule has 33 heavy (non-hydrogen) atoms. The van der Waals surface area contributed by atoms with Crippen molar-refractivity contribution in [3.8, 4) is 0 Å². The lowest BCUT2D eigenvalue weighted by atomic mass is 9.93. The van der Waals surface area contributed by atoms with Gasteiger partial charge in [-0.1, -0.05) is 37.1 Å². The fourth-order valence-electron chi connectivity index (χ4n) is 4.44. The molecule has 0 saturated carbocycles. The minimum atomic E-state index is -3.53. The second-order valence-corrected chi connectivity index (χ2v) is 10.4. The summed E-state index contributed by atoms with van der Waals surface area (Å²) in [6, 6.07) is 13.6. The van der Waals surface area contributed by atoms with E-state index in [0.29, 0.717) is 18.8 Å². The number of nitrogens with zero attached hydrogens (tertiary/aromatic N) is 2. The Hall–Kier alpha value is -2.97. The minimum Gasteiger partial charge on any atom is -0.326 e. The van der Waals surface area contributed by atoms with Gasteiger partial charge in [-0.05, 0) is 54.3 Å². The third-order valence-electron chi connectivity index (χ3n) is 6.19. The highest BCUT2D eigenvalue weighted by Gasteiger charge is 2.28. The highest BCUT2D eigenvalue weighted by molar-refractivity contribution is 7.89. The van der Waals surface area contributed by atoms with E-state index in [9.17, 15) is 18.0 Å². The van der Waals surface area contributed by atoms with Crippen LogP contribution in [0.1, 0.15) is 56.2 Å². The molecule has 0 radical (unpaired) electrons. The smallest absolute Gasteiger partial charge is 0.243 e. The first kappa shape index (κ1) is 23.2. The summed E-state index contributed by atoms with van der Waals surface area (Å²) in [5.74, 6) is -0.388. The van der Waals surface area contributed by atoms with Gasteiger partial charge in [-0.3, -0.25) is 9.59 Å². The van der Waals surface area contributed by atoms with Crippen LogP contribution in [-0.2, 0) is 19.6 Å². The van der Waals surface area contributed by atoms with Gasteiger partial charge in [-0.2, -0.15) is 4.31 Å². The number of carbonyl (C=O) groups excluding carboxylic acids is 2. The van der Waals surface area contributed by atoms with Gasteiger partial charge in [0.05, 0.1) is 17.4 Å². The predicted octanol–water partition coefficient (Wildman–Crippen LogP) is 4.15. The van der Waals surface area contributed by atoms with Crippen LogP contribution in [-0.4, -0.2) is 42.5 Å². The van der Waals surface area contributed by atoms with Crippen molar-refractivity contribution >= 4 is 33.6 Å². The van der Waals surface area contributed by atoms with E-state index in [1.165, 1.54) is 19.1 Å². The van der Waals surface area contributed by atoms with Gasteiger partial charge in [0, 0.05) is 31.9 Å². The molecule has 0 aromatic heterocycles. The molecular formula is C25H29N3O4S. The van der Waals surface area contributed by atoms with E-state index in [1.807, 2.05) is 30.3 Å². The van der Waals surface area contributed by atoms with Crippen molar-refractivity contribution in [2.45, 2.75) is 50.0 Å². The van der Waals surface area contributed by atoms with Crippen LogP contribution in [0.2, 0.25) is 0 Å². The fourth-order valence-corrected chi connectivity index (χ4v) is 5.96. The number of amides is 2. The van der Waals surface area contributed by atoms with Gasteiger partial charge in [-0.25, -0.2) is 8.42 Å². The molecule has 2 amide bonds. The van der Waals surface area contributed by atoms with Gasteiger partial charge in [-0.15, -0.1) is 0 Å². The maximum Gasteiger partial charge on any atom is 0.243 e. The number of fused-ring (bicyclic) bond motifs is 1. The Labute approximate surface area is 195 Å². The summed E-state index contributed by atoms with van der Waals surface area (Å²) in [5, 5.41) is 2.84. The van der Waals surface area contributed by atoms with Gasteiger partial charge in [0.2, 0.25) is 21.8 Å². The molecule has 1 atom stereocenters. The van der Waals surface area contributed by atoms with Crippen molar-refractivity contribution in [1.82, 2.24) is 9.21 Å². The van der Waals surface area contributed by atoms with Gasteiger partial charge in [0.15, 0.2) is 0 Å². The number of hydrogen-bond acceptors (Lipinski definition) is 4. The average Bonchev–Trinajstić information content (AvgIpc) is 3.10. The summed E-state index contributed by atoms with van der Waals surface area (Å²) < 4.78 is 27.4. The largest absolute Gasteiger partial charge is 0.326 e. The van der Waals surface area contributed by atoms with Crippen molar-refractivity contribution in [1.29, 1.82) is 0 Å². The zero-order chi connectivity index (χ0) is 23.4. The Morgan fingerprint density at radius 3 is 2.30 bits per heavy atom. The van der Waals surface area contributed by atoms with E-state index in [-0.39, 0.29) is 23.1 Å². The van der Waals surface area contributed by atoms with E-state index >= 15 is 0 Å². The first-order chi connectivity index (χ1) is 15.9. The lowest BCUT2D eigenvalue weighted by Crippen LogP contribution is -2.33. The Balaban J connectivity index is 1.45. The number of anilines is 1. The maximum atomic E-state index is 12.9. The van der Waals surface area contributed by atoms with Gasteiger partial charge in [0.25, 0.3) is 0 Å². The fraction of sp³-hybridized carbons (Fsp3) is 0.360. The summed E-state index contributed by atoms with van der Waals surface area (Å²) in [5.41, 5.74) is 2.42. The lowest BCUT2D eigenvalue weighted by Gasteiger charge is -2.32. The number of carbonyl (C=O) groups is 2. The molecule has 0 spiro atoms. The summed E-state index contributed by atoms with van der Waals surface area (Å²) >= 11 is 0. The van der Waals surface area contributed by atoms with Crippen LogP contribution < -0.4 is 5.32 Å². The SMILES string of the molecule is CC(=O)N1C=Cc2ccccc2C1CC(=O)Nc1ccc(S(=O)(=O)N2CCCCCC2)cc1. The van der Waals surface area contributed by atoms with Crippen molar-refractivity contribution in [3.63, 3.8) is 0 Å². The first-order valence-corrected chi connectivity index (χ1v) is 12.8. The van der Waals surface area contributed by atoms with Crippen molar-refractivity contribution < 1.29 is 18.0 Å². The molecule has 2 aromatic rings. The minimum absolute atomic E-state index is 0.0920. The second-order valence-electron chi connectivity index (χ2n) is 8.48. The first-order valence-electron chi connectivity index (χ1n) is 11.3. The maximum absolute atomic E-state index is 12.9. The second kappa shape index (κ2) is 9.89. The molecule has 1 saturated heterocycles. The van der Waals surface area contributed by atoms with E-state index in [1.54, 1.807) is 27.5 Å². The molecule has 4 rings (SSSR count). The topological polar surface area (TPSA) is 86.8 Å². The third-order valence-corrected chi connectivity index (χ3v) is 8.10. The number of benzene rings is 2. The number of rotatable bonds is 5. The van der Waals surface area contributed by atoms with E-state index in [4.69, 9.17) is 0 Å². The molecular weight excluding hydrogens is 438 g/mol. The summed E-state index contributed by atoms with van der Waals surface area (Å²) in [7, 11) is -3.53. The van der Waals surface area contributed by atoms with Crippen LogP contribution in [0, 0.1) is 0 Å². The lowest BCUT2D eigenvalue weighted by molar-refractivity contribution is -0.129. The highest BCUT2D eigenvalue weighted by atomic mass is 32.2. The Morgan fingerprint density at radius 1 is 0.970 bits per heavy atom. The van der Waals surface area contributed by atoms with Crippen LogP contribution >= 0.6 is 0 Å². The third kappa shape index (κ3) is 5.17. The molecule has 0 bridgehead atoms. The van der Waals surface area contributed by atoms with Crippen molar-refractivity contribution in [3.05, 3.63) is 65.9 Å². The molecule has 7 nitrogen and oxygen atoms in total. The zero-order valence-electron chi connectivity index (χ0n) is 18.7. The number of hydrogen-bond donors (Lipinski definition) is 1. The number of sulfonamides is 1. The highest BCUT2D eigenvalue weighted by Crippen LogP contribution is 2.33. The van der Waals surface area contributed by atoms with Crippen LogP contribution in [0.3, 0.4) is 0 Å². The van der Waals surface area contributed by atoms with E-state index in [0.717, 1.165) is 36.8 Å². The Kier molecular flexibility index (Phi) is 6.95. The van der Waals surface area contributed by atoms with Gasteiger partial charge < -0.3 is 10.2 Å². The van der Waals surface area contributed by atoms with Crippen LogP contribution in [0.15, 0.2) is 59.6 Å². The van der Waals surface area contributed by atoms with Gasteiger partial charge >= 0.3 is 0 Å². The zero-order valence-corrected chi connectivity index (χ0v) is 19.6.